The van der Waals surface area contributed by atoms with E-state index in [4.69, 9.17) is 10.7 Å². The number of amides is 1. The molecular weight excluding hydrogens is 350 g/mol. The third-order valence-corrected chi connectivity index (χ3v) is 6.10. The zero-order chi connectivity index (χ0) is 19.1. The van der Waals surface area contributed by atoms with Crippen LogP contribution in [0.1, 0.15) is 48.5 Å². The predicted molar refractivity (Wildman–Crippen MR) is 109 cm³/mol. The second-order valence-electron chi connectivity index (χ2n) is 7.97. The van der Waals surface area contributed by atoms with E-state index in [9.17, 15) is 4.79 Å². The first kappa shape index (κ1) is 17.4. The van der Waals surface area contributed by atoms with Crippen molar-refractivity contribution in [2.45, 2.75) is 44.2 Å². The molecule has 0 spiro atoms. The quantitative estimate of drug-likeness (QED) is 0.761. The Morgan fingerprint density at radius 1 is 1.07 bits per heavy atom. The van der Waals surface area contributed by atoms with Crippen LogP contribution in [-0.4, -0.2) is 44.5 Å². The predicted octanol–water partition coefficient (Wildman–Crippen LogP) is 3.39. The van der Waals surface area contributed by atoms with E-state index in [2.05, 4.69) is 9.55 Å². The fourth-order valence-electron chi connectivity index (χ4n) is 4.62. The lowest BCUT2D eigenvalue weighted by atomic mass is 10.1. The number of hydrogen-bond acceptors (Lipinski definition) is 4. The average molecular weight is 375 g/mol. The molecule has 2 N–H and O–H groups in total. The number of aromatic nitrogens is 3. The highest BCUT2D eigenvalue weighted by molar-refractivity contribution is 6.07. The minimum absolute atomic E-state index is 0.0183. The number of rotatable bonds is 3. The largest absolute Gasteiger partial charge is 0.337 e. The second kappa shape index (κ2) is 7.02. The maximum atomic E-state index is 13.3. The number of carbonyl (C=O) groups is 1. The van der Waals surface area contributed by atoms with Crippen LogP contribution in [0.5, 0.6) is 0 Å². The first-order valence-corrected chi connectivity index (χ1v) is 10.2. The second-order valence-corrected chi connectivity index (χ2v) is 7.97. The SMILES string of the molecule is NC1CCN(C(=O)c2cnc(-c3ccccc3)c3ncn(C4CCCC4)c23)C1. The molecule has 3 heterocycles. The molecule has 6 heteroatoms. The van der Waals surface area contributed by atoms with Crippen molar-refractivity contribution in [2.24, 2.45) is 5.73 Å². The maximum absolute atomic E-state index is 13.3. The molecule has 28 heavy (non-hydrogen) atoms. The third kappa shape index (κ3) is 2.88. The van der Waals surface area contributed by atoms with Gasteiger partial charge in [-0.1, -0.05) is 43.2 Å². The lowest BCUT2D eigenvalue weighted by Gasteiger charge is -2.19. The summed E-state index contributed by atoms with van der Waals surface area (Å²) < 4.78 is 2.22. The molecule has 144 valence electrons. The first-order valence-electron chi connectivity index (χ1n) is 10.2. The van der Waals surface area contributed by atoms with E-state index < -0.39 is 0 Å². The lowest BCUT2D eigenvalue weighted by Crippen LogP contribution is -2.32. The van der Waals surface area contributed by atoms with E-state index in [0.29, 0.717) is 24.7 Å². The number of carbonyl (C=O) groups excluding carboxylic acids is 1. The van der Waals surface area contributed by atoms with Gasteiger partial charge < -0.3 is 15.2 Å². The van der Waals surface area contributed by atoms with Gasteiger partial charge in [0.15, 0.2) is 0 Å². The summed E-state index contributed by atoms with van der Waals surface area (Å²) >= 11 is 0. The minimum atomic E-state index is 0.0183. The topological polar surface area (TPSA) is 77.0 Å². The zero-order valence-corrected chi connectivity index (χ0v) is 15.9. The highest BCUT2D eigenvalue weighted by Crippen LogP contribution is 2.36. The number of hydrogen-bond donors (Lipinski definition) is 1. The van der Waals surface area contributed by atoms with Crippen molar-refractivity contribution in [1.82, 2.24) is 19.4 Å². The zero-order valence-electron chi connectivity index (χ0n) is 15.9. The van der Waals surface area contributed by atoms with E-state index in [1.54, 1.807) is 6.20 Å². The number of pyridine rings is 1. The van der Waals surface area contributed by atoms with Gasteiger partial charge in [0.2, 0.25) is 0 Å². The molecule has 3 aromatic rings. The van der Waals surface area contributed by atoms with Crippen LogP contribution in [0.2, 0.25) is 0 Å². The Labute approximate surface area is 164 Å². The highest BCUT2D eigenvalue weighted by atomic mass is 16.2. The molecule has 5 rings (SSSR count). The fraction of sp³-hybridized carbons (Fsp3) is 0.409. The molecule has 2 aromatic heterocycles. The van der Waals surface area contributed by atoms with Crippen molar-refractivity contribution in [1.29, 1.82) is 0 Å². The molecule has 2 aliphatic rings. The molecule has 1 atom stereocenters. The van der Waals surface area contributed by atoms with E-state index in [-0.39, 0.29) is 11.9 Å². The molecule has 1 amide bonds. The number of imidazole rings is 1. The summed E-state index contributed by atoms with van der Waals surface area (Å²) in [5, 5.41) is 0. The smallest absolute Gasteiger partial charge is 0.257 e. The molecule has 2 fully saturated rings. The van der Waals surface area contributed by atoms with Gasteiger partial charge in [0.05, 0.1) is 23.1 Å². The normalized spacial score (nSPS) is 20.3. The summed E-state index contributed by atoms with van der Waals surface area (Å²) in [6.45, 7) is 1.32. The van der Waals surface area contributed by atoms with Gasteiger partial charge in [0, 0.05) is 36.9 Å². The lowest BCUT2D eigenvalue weighted by molar-refractivity contribution is 0.0792. The van der Waals surface area contributed by atoms with Crippen molar-refractivity contribution in [3.63, 3.8) is 0 Å². The number of nitrogens with two attached hydrogens (primary N) is 1. The molecule has 0 bridgehead atoms. The van der Waals surface area contributed by atoms with Crippen LogP contribution >= 0.6 is 0 Å². The van der Waals surface area contributed by atoms with Gasteiger partial charge in [-0.05, 0) is 19.3 Å². The van der Waals surface area contributed by atoms with Gasteiger partial charge in [-0.15, -0.1) is 0 Å². The van der Waals surface area contributed by atoms with E-state index >= 15 is 0 Å². The van der Waals surface area contributed by atoms with Gasteiger partial charge in [0.1, 0.15) is 5.52 Å². The highest BCUT2D eigenvalue weighted by Gasteiger charge is 2.29. The summed E-state index contributed by atoms with van der Waals surface area (Å²) in [5.41, 5.74) is 10.3. The third-order valence-electron chi connectivity index (χ3n) is 6.10. The van der Waals surface area contributed by atoms with Gasteiger partial charge in [0.25, 0.3) is 5.91 Å². The van der Waals surface area contributed by atoms with Crippen LogP contribution in [-0.2, 0) is 0 Å². The fourth-order valence-corrected chi connectivity index (χ4v) is 4.62. The summed E-state index contributed by atoms with van der Waals surface area (Å²) in [7, 11) is 0. The van der Waals surface area contributed by atoms with Gasteiger partial charge in [-0.3, -0.25) is 9.78 Å². The monoisotopic (exact) mass is 375 g/mol. The van der Waals surface area contributed by atoms with Crippen molar-refractivity contribution in [3.05, 3.63) is 48.4 Å². The summed E-state index contributed by atoms with van der Waals surface area (Å²) in [5.74, 6) is 0.0183. The van der Waals surface area contributed by atoms with Crippen LogP contribution in [0.25, 0.3) is 22.3 Å². The van der Waals surface area contributed by atoms with Crippen LogP contribution in [0, 0.1) is 0 Å². The van der Waals surface area contributed by atoms with Crippen LogP contribution in [0.3, 0.4) is 0 Å². The standard InChI is InChI=1S/C22H25N5O/c23-16-10-11-26(13-16)22(28)18-12-24-19(15-6-2-1-3-7-15)20-21(18)27(14-25-20)17-8-4-5-9-17/h1-3,6-7,12,14,16-17H,4-5,8-11,13,23H2. The Morgan fingerprint density at radius 2 is 1.86 bits per heavy atom. The molecule has 1 aliphatic carbocycles. The van der Waals surface area contributed by atoms with Crippen molar-refractivity contribution < 1.29 is 4.79 Å². The molecule has 1 saturated heterocycles. The van der Waals surface area contributed by atoms with E-state index in [1.807, 2.05) is 41.6 Å². The van der Waals surface area contributed by atoms with Gasteiger partial charge in [-0.25, -0.2) is 4.98 Å². The van der Waals surface area contributed by atoms with Crippen molar-refractivity contribution >= 4 is 16.9 Å². The Bertz CT molecular complexity index is 1010. The van der Waals surface area contributed by atoms with E-state index in [0.717, 1.165) is 41.6 Å². The average Bonchev–Trinajstić information content (AvgIpc) is 3.47. The van der Waals surface area contributed by atoms with Gasteiger partial charge in [-0.2, -0.15) is 0 Å². The Balaban J connectivity index is 1.67. The Kier molecular flexibility index (Phi) is 4.36. The number of nitrogens with zero attached hydrogens (tertiary/aromatic N) is 4. The Morgan fingerprint density at radius 3 is 2.57 bits per heavy atom. The molecular formula is C22H25N5O. The van der Waals surface area contributed by atoms with Crippen LogP contribution in [0.4, 0.5) is 0 Å². The van der Waals surface area contributed by atoms with Gasteiger partial charge >= 0.3 is 0 Å². The van der Waals surface area contributed by atoms with Crippen molar-refractivity contribution in [3.8, 4) is 11.3 Å². The van der Waals surface area contributed by atoms with Crippen LogP contribution < -0.4 is 5.73 Å². The van der Waals surface area contributed by atoms with Crippen molar-refractivity contribution in [2.75, 3.05) is 13.1 Å². The molecule has 1 aromatic carbocycles. The number of fused-ring (bicyclic) bond motifs is 1. The molecule has 6 nitrogen and oxygen atoms in total. The molecule has 0 radical (unpaired) electrons. The van der Waals surface area contributed by atoms with Crippen LogP contribution in [0.15, 0.2) is 42.9 Å². The minimum Gasteiger partial charge on any atom is -0.337 e. The number of benzene rings is 1. The summed E-state index contributed by atoms with van der Waals surface area (Å²) in [6.07, 6.45) is 9.22. The molecule has 1 unspecified atom stereocenters. The first-order chi connectivity index (χ1) is 13.7. The number of likely N-dealkylation sites (tertiary alicyclic amines) is 1. The Hall–Kier alpha value is -2.73. The van der Waals surface area contributed by atoms with E-state index in [1.165, 1.54) is 12.8 Å². The maximum Gasteiger partial charge on any atom is 0.257 e. The molecule has 1 saturated carbocycles. The summed E-state index contributed by atoms with van der Waals surface area (Å²) in [4.78, 5) is 24.6. The molecule has 1 aliphatic heterocycles. The summed E-state index contributed by atoms with van der Waals surface area (Å²) in [6, 6.07) is 10.5.